The second-order valence-corrected chi connectivity index (χ2v) is 6.06. The Kier molecular flexibility index (Phi) is 6.92. The summed E-state index contributed by atoms with van der Waals surface area (Å²) in [4.78, 5) is 26.3. The first-order valence-electron chi connectivity index (χ1n) is 7.24. The van der Waals surface area contributed by atoms with E-state index in [0.29, 0.717) is 32.2 Å². The maximum absolute atomic E-state index is 12.1. The summed E-state index contributed by atoms with van der Waals surface area (Å²) < 4.78 is 0. The zero-order valence-corrected chi connectivity index (χ0v) is 14.2. The number of hydrogen-bond acceptors (Lipinski definition) is 2. The van der Waals surface area contributed by atoms with Crippen molar-refractivity contribution in [2.45, 2.75) is 0 Å². The molecule has 3 N–H and O–H groups in total. The second kappa shape index (κ2) is 8.75. The molecule has 0 saturated heterocycles. The molecule has 5 nitrogen and oxygen atoms in total. The molecular formula is C18H13Cl2N2NaO3. The first kappa shape index (κ1) is 20.6. The van der Waals surface area contributed by atoms with Crippen molar-refractivity contribution in [3.63, 3.8) is 0 Å². The molecule has 2 aromatic carbocycles. The number of carboxylic acid groups (broad SMARTS) is 1. The molecule has 0 fully saturated rings. The van der Waals surface area contributed by atoms with Crippen LogP contribution in [0.5, 0.6) is 0 Å². The number of carboxylic acids is 1. The molecule has 0 aliphatic carbocycles. The molecule has 1 amide bonds. The van der Waals surface area contributed by atoms with Crippen LogP contribution in [0.3, 0.4) is 0 Å². The van der Waals surface area contributed by atoms with E-state index in [1.807, 2.05) is 6.07 Å². The summed E-state index contributed by atoms with van der Waals surface area (Å²) in [6, 6.07) is 12.0. The Labute approximate surface area is 181 Å². The van der Waals surface area contributed by atoms with E-state index in [-0.39, 0.29) is 41.2 Å². The van der Waals surface area contributed by atoms with Crippen molar-refractivity contribution in [2.75, 3.05) is 5.32 Å². The predicted octanol–water partition coefficient (Wildman–Crippen LogP) is 4.18. The van der Waals surface area contributed by atoms with Crippen LogP contribution in [0.4, 0.5) is 5.69 Å². The fraction of sp³-hybridized carbons (Fsp3) is 0. The van der Waals surface area contributed by atoms with Gasteiger partial charge in [0, 0.05) is 33.3 Å². The Balaban J connectivity index is 0.00000243. The molecule has 3 aromatic rings. The normalized spacial score (nSPS) is 10.7. The Hall–Kier alpha value is -1.76. The fourth-order valence-corrected chi connectivity index (χ4v) is 3.07. The number of para-hydroxylation sites is 1. The van der Waals surface area contributed by atoms with Crippen molar-refractivity contribution in [3.05, 3.63) is 69.8 Å². The summed E-state index contributed by atoms with van der Waals surface area (Å²) in [5.74, 6) is -1.55. The molecule has 1 aromatic heterocycles. The Bertz CT molecular complexity index is 1000. The number of carbonyl (C=O) groups is 2. The number of aromatic nitrogens is 1. The van der Waals surface area contributed by atoms with Gasteiger partial charge in [-0.2, -0.15) is 0 Å². The van der Waals surface area contributed by atoms with Crippen LogP contribution < -0.4 is 5.32 Å². The predicted molar refractivity (Wildman–Crippen MR) is 107 cm³/mol. The van der Waals surface area contributed by atoms with Gasteiger partial charge in [0.25, 0.3) is 0 Å². The van der Waals surface area contributed by atoms with Crippen molar-refractivity contribution in [1.29, 1.82) is 0 Å². The van der Waals surface area contributed by atoms with Crippen LogP contribution in [0.25, 0.3) is 17.0 Å². The van der Waals surface area contributed by atoms with Crippen LogP contribution in [0.15, 0.2) is 48.5 Å². The van der Waals surface area contributed by atoms with Gasteiger partial charge in [0.15, 0.2) is 0 Å². The van der Waals surface area contributed by atoms with Crippen molar-refractivity contribution < 1.29 is 14.7 Å². The van der Waals surface area contributed by atoms with Crippen molar-refractivity contribution in [3.8, 4) is 0 Å². The zero-order valence-electron chi connectivity index (χ0n) is 12.7. The van der Waals surface area contributed by atoms with Crippen LogP contribution in [-0.4, -0.2) is 51.5 Å². The average Bonchev–Trinajstić information content (AvgIpc) is 2.93. The average molecular weight is 399 g/mol. The van der Waals surface area contributed by atoms with Gasteiger partial charge in [-0.3, -0.25) is 4.79 Å². The van der Waals surface area contributed by atoms with Gasteiger partial charge < -0.3 is 15.4 Å². The van der Waals surface area contributed by atoms with Crippen molar-refractivity contribution in [2.24, 2.45) is 0 Å². The Morgan fingerprint density at radius 1 is 1.12 bits per heavy atom. The number of amides is 1. The van der Waals surface area contributed by atoms with Gasteiger partial charge in [0.05, 0.1) is 5.02 Å². The first-order chi connectivity index (χ1) is 12.0. The summed E-state index contributed by atoms with van der Waals surface area (Å²) in [5.41, 5.74) is 1.37. The molecule has 128 valence electrons. The molecule has 8 heteroatoms. The van der Waals surface area contributed by atoms with Crippen LogP contribution in [-0.2, 0) is 4.79 Å². The second-order valence-electron chi connectivity index (χ2n) is 5.22. The third-order valence-electron chi connectivity index (χ3n) is 3.51. The van der Waals surface area contributed by atoms with Gasteiger partial charge in [-0.05, 0) is 30.3 Å². The van der Waals surface area contributed by atoms with Crippen molar-refractivity contribution in [1.82, 2.24) is 4.98 Å². The molecule has 0 saturated carbocycles. The molecule has 26 heavy (non-hydrogen) atoms. The molecule has 0 aliphatic heterocycles. The minimum atomic E-state index is -1.16. The van der Waals surface area contributed by atoms with E-state index in [2.05, 4.69) is 10.3 Å². The summed E-state index contributed by atoms with van der Waals surface area (Å²) >= 11 is 12.1. The molecule has 0 spiro atoms. The summed E-state index contributed by atoms with van der Waals surface area (Å²) in [5, 5.41) is 13.2. The van der Waals surface area contributed by atoms with Gasteiger partial charge in [0.1, 0.15) is 5.69 Å². The number of carbonyl (C=O) groups excluding carboxylic acids is 1. The van der Waals surface area contributed by atoms with Gasteiger partial charge in [0.2, 0.25) is 5.91 Å². The number of hydrogen-bond donors (Lipinski definition) is 3. The van der Waals surface area contributed by atoms with E-state index in [1.165, 1.54) is 18.2 Å². The van der Waals surface area contributed by atoms with Gasteiger partial charge in [-0.15, -0.1) is 0 Å². The van der Waals surface area contributed by atoms with Crippen molar-refractivity contribution >= 4 is 87.3 Å². The number of halogens is 2. The summed E-state index contributed by atoms with van der Waals surface area (Å²) in [6.45, 7) is 0. The van der Waals surface area contributed by atoms with E-state index >= 15 is 0 Å². The van der Waals surface area contributed by atoms with E-state index in [9.17, 15) is 14.7 Å². The Morgan fingerprint density at radius 3 is 2.46 bits per heavy atom. The summed E-state index contributed by atoms with van der Waals surface area (Å²) in [7, 11) is 0. The third-order valence-corrected chi connectivity index (χ3v) is 4.03. The Morgan fingerprint density at radius 2 is 1.81 bits per heavy atom. The monoisotopic (exact) mass is 398 g/mol. The van der Waals surface area contributed by atoms with E-state index in [1.54, 1.807) is 30.3 Å². The molecule has 0 radical (unpaired) electrons. The number of H-pyrrole nitrogens is 1. The van der Waals surface area contributed by atoms with Crippen LogP contribution >= 0.6 is 23.2 Å². The number of benzene rings is 2. The van der Waals surface area contributed by atoms with E-state index < -0.39 is 5.97 Å². The number of fused-ring (bicyclic) bond motifs is 1. The fourth-order valence-electron chi connectivity index (χ4n) is 2.47. The topological polar surface area (TPSA) is 82.2 Å². The maximum atomic E-state index is 12.1. The van der Waals surface area contributed by atoms with Gasteiger partial charge in [-0.25, -0.2) is 4.79 Å². The standard InChI is InChI=1S/C18H12Cl2N2O3.Na.H/c19-10-8-13(20)16-12(17(18(24)25)22-14(16)9-10)6-7-15(23)21-11-4-2-1-3-5-11;;/h1-9,22H,(H,21,23)(H,24,25);;. The molecule has 0 bridgehead atoms. The van der Waals surface area contributed by atoms with Crippen LogP contribution in [0, 0.1) is 0 Å². The summed E-state index contributed by atoms with van der Waals surface area (Å²) in [6.07, 6.45) is 2.67. The quantitative estimate of drug-likeness (QED) is 0.455. The number of aromatic carboxylic acids is 1. The molecular weight excluding hydrogens is 386 g/mol. The van der Waals surface area contributed by atoms with Gasteiger partial charge in [-0.1, -0.05) is 41.4 Å². The minimum absolute atomic E-state index is 0. The molecule has 3 rings (SSSR count). The number of anilines is 1. The van der Waals surface area contributed by atoms with Crippen LogP contribution in [0.2, 0.25) is 10.0 Å². The number of aromatic amines is 1. The molecule has 0 unspecified atom stereocenters. The van der Waals surface area contributed by atoms with Gasteiger partial charge >= 0.3 is 35.5 Å². The SMILES string of the molecule is O=C(C=Cc1c(C(=O)O)[nH]c2cc(Cl)cc(Cl)c12)Nc1ccccc1.[NaH]. The molecule has 0 atom stereocenters. The van der Waals surface area contributed by atoms with E-state index in [0.717, 1.165) is 0 Å². The zero-order chi connectivity index (χ0) is 18.0. The first-order valence-corrected chi connectivity index (χ1v) is 7.99. The number of rotatable bonds is 4. The number of nitrogens with one attached hydrogen (secondary N) is 2. The van der Waals surface area contributed by atoms with Crippen LogP contribution in [0.1, 0.15) is 16.1 Å². The third kappa shape index (κ3) is 4.50. The molecule has 1 heterocycles. The van der Waals surface area contributed by atoms with E-state index in [4.69, 9.17) is 23.2 Å². The molecule has 0 aliphatic rings.